The van der Waals surface area contributed by atoms with E-state index in [2.05, 4.69) is 25.6 Å². The van der Waals surface area contributed by atoms with Crippen molar-refractivity contribution in [3.8, 4) is 5.75 Å². The molecule has 0 radical (unpaired) electrons. The second-order valence-corrected chi connectivity index (χ2v) is 14.6. The highest BCUT2D eigenvalue weighted by Crippen LogP contribution is 2.32. The number of nitrogens with zero attached hydrogens (tertiary/aromatic N) is 6. The second-order valence-electron chi connectivity index (χ2n) is 14.6. The van der Waals surface area contributed by atoms with Crippen molar-refractivity contribution < 1.29 is 42.3 Å². The van der Waals surface area contributed by atoms with Crippen molar-refractivity contribution in [1.29, 1.82) is 0 Å². The lowest BCUT2D eigenvalue weighted by Crippen LogP contribution is -2.17. The van der Waals surface area contributed by atoms with E-state index < -0.39 is 29.6 Å². The minimum absolute atomic E-state index is 0.0233. The van der Waals surface area contributed by atoms with Crippen LogP contribution in [0.25, 0.3) is 22.1 Å². The number of imidazole rings is 2. The lowest BCUT2D eigenvalue weighted by Gasteiger charge is -2.13. The third-order valence-corrected chi connectivity index (χ3v) is 10.0. The normalized spacial score (nSPS) is 11.4. The molecule has 4 amide bonds. The highest BCUT2D eigenvalue weighted by atomic mass is 16.5. The number of oxazole rings is 2. The number of nitrogens with one attached hydrogen (secondary N) is 2. The predicted octanol–water partition coefficient (Wildman–Crippen LogP) is 5.96. The molecule has 64 heavy (non-hydrogen) atoms. The van der Waals surface area contributed by atoms with E-state index in [4.69, 9.17) is 34.8 Å². The SMILES string of the molecule is CCc1nc(C)oc1C(=O)Nc1nc2cc(C(N)=O)ccc2n1C/C=C/Cn1c(NC(=O)c2oc(C)nc2CC)nc2cc(C(N)=O)cc(OCCCC(=O)OCc3ccccc3)c21. The van der Waals surface area contributed by atoms with Gasteiger partial charge >= 0.3 is 5.97 Å². The van der Waals surface area contributed by atoms with E-state index in [1.54, 1.807) is 47.3 Å². The summed E-state index contributed by atoms with van der Waals surface area (Å²) in [7, 11) is 0. The van der Waals surface area contributed by atoms with Gasteiger partial charge in [0.05, 0.1) is 34.5 Å². The Kier molecular flexibility index (Phi) is 13.3. The topological polar surface area (TPSA) is 268 Å². The zero-order valence-corrected chi connectivity index (χ0v) is 35.6. The van der Waals surface area contributed by atoms with Gasteiger partial charge in [-0.1, -0.05) is 56.3 Å². The first-order valence-electron chi connectivity index (χ1n) is 20.5. The highest BCUT2D eigenvalue weighted by molar-refractivity contribution is 6.05. The molecule has 6 N–H and O–H groups in total. The van der Waals surface area contributed by atoms with Gasteiger partial charge in [-0.15, -0.1) is 0 Å². The van der Waals surface area contributed by atoms with E-state index in [0.29, 0.717) is 52.6 Å². The molecule has 0 fully saturated rings. The summed E-state index contributed by atoms with van der Waals surface area (Å²) in [5.74, 6) is -1.72. The Morgan fingerprint density at radius 1 is 0.719 bits per heavy atom. The number of fused-ring (bicyclic) bond motifs is 2. The van der Waals surface area contributed by atoms with E-state index in [-0.39, 0.29) is 85.0 Å². The number of amides is 4. The maximum absolute atomic E-state index is 13.7. The van der Waals surface area contributed by atoms with Gasteiger partial charge < -0.3 is 38.9 Å². The zero-order valence-electron chi connectivity index (χ0n) is 35.6. The van der Waals surface area contributed by atoms with Crippen molar-refractivity contribution in [2.45, 2.75) is 73.1 Å². The highest BCUT2D eigenvalue weighted by Gasteiger charge is 2.25. The number of carbonyl (C=O) groups is 5. The number of aromatic nitrogens is 6. The molecule has 3 aromatic carbocycles. The molecule has 0 spiro atoms. The predicted molar refractivity (Wildman–Crippen MR) is 234 cm³/mol. The average molecular weight is 871 g/mol. The number of hydrogen-bond donors (Lipinski definition) is 4. The zero-order chi connectivity index (χ0) is 45.5. The smallest absolute Gasteiger partial charge is 0.306 e. The van der Waals surface area contributed by atoms with Crippen LogP contribution in [-0.4, -0.2) is 65.3 Å². The third kappa shape index (κ3) is 9.83. The van der Waals surface area contributed by atoms with Gasteiger partial charge in [-0.2, -0.15) is 0 Å². The number of hydrogen-bond acceptors (Lipinski definition) is 13. The van der Waals surface area contributed by atoms with Gasteiger partial charge in [-0.3, -0.25) is 34.6 Å². The van der Waals surface area contributed by atoms with Crippen LogP contribution in [0.3, 0.4) is 0 Å². The van der Waals surface area contributed by atoms with Crippen molar-refractivity contribution in [1.82, 2.24) is 29.1 Å². The van der Waals surface area contributed by atoms with Gasteiger partial charge in [0.25, 0.3) is 11.8 Å². The first kappa shape index (κ1) is 44.0. The fourth-order valence-corrected chi connectivity index (χ4v) is 6.98. The monoisotopic (exact) mass is 870 g/mol. The van der Waals surface area contributed by atoms with E-state index >= 15 is 0 Å². The van der Waals surface area contributed by atoms with Crippen LogP contribution in [0.5, 0.6) is 5.75 Å². The molecule has 4 aromatic heterocycles. The summed E-state index contributed by atoms with van der Waals surface area (Å²) >= 11 is 0. The van der Waals surface area contributed by atoms with E-state index in [0.717, 1.165) is 5.56 Å². The number of carbonyl (C=O) groups excluding carboxylic acids is 5. The van der Waals surface area contributed by atoms with Gasteiger partial charge in [0.1, 0.15) is 17.9 Å². The van der Waals surface area contributed by atoms with E-state index in [1.165, 1.54) is 18.2 Å². The molecule has 0 aliphatic rings. The fourth-order valence-electron chi connectivity index (χ4n) is 6.98. The molecular formula is C45H46N10O9. The van der Waals surface area contributed by atoms with Crippen LogP contribution in [-0.2, 0) is 42.1 Å². The third-order valence-electron chi connectivity index (χ3n) is 10.0. The number of benzene rings is 3. The molecule has 19 heteroatoms. The number of aryl methyl sites for hydroxylation is 4. The number of primary amides is 2. The van der Waals surface area contributed by atoms with Crippen LogP contribution >= 0.6 is 0 Å². The second kappa shape index (κ2) is 19.3. The van der Waals surface area contributed by atoms with Gasteiger partial charge in [-0.05, 0) is 55.2 Å². The van der Waals surface area contributed by atoms with Crippen LogP contribution in [0.4, 0.5) is 11.9 Å². The summed E-state index contributed by atoms with van der Waals surface area (Å²) in [6.45, 7) is 7.46. The minimum Gasteiger partial charge on any atom is -0.491 e. The minimum atomic E-state index is -0.733. The van der Waals surface area contributed by atoms with Crippen molar-refractivity contribution in [2.75, 3.05) is 17.2 Å². The summed E-state index contributed by atoms with van der Waals surface area (Å²) in [6.07, 6.45) is 4.86. The summed E-state index contributed by atoms with van der Waals surface area (Å²) < 4.78 is 26.3. The summed E-state index contributed by atoms with van der Waals surface area (Å²) in [6, 6.07) is 17.1. The van der Waals surface area contributed by atoms with E-state index in [9.17, 15) is 24.0 Å². The molecule has 0 saturated carbocycles. The van der Waals surface area contributed by atoms with Crippen molar-refractivity contribution in [3.05, 3.63) is 124 Å². The Bertz CT molecular complexity index is 2920. The molecule has 7 aromatic rings. The molecule has 0 atom stereocenters. The Labute approximate surface area is 365 Å². The van der Waals surface area contributed by atoms with Crippen molar-refractivity contribution in [2.24, 2.45) is 11.5 Å². The first-order chi connectivity index (χ1) is 30.8. The molecule has 0 saturated heterocycles. The van der Waals surface area contributed by atoms with Crippen LogP contribution < -0.4 is 26.8 Å². The Morgan fingerprint density at radius 3 is 1.91 bits per heavy atom. The largest absolute Gasteiger partial charge is 0.491 e. The van der Waals surface area contributed by atoms with E-state index in [1.807, 2.05) is 44.2 Å². The maximum Gasteiger partial charge on any atom is 0.306 e. The van der Waals surface area contributed by atoms with Crippen molar-refractivity contribution >= 4 is 63.6 Å². The molecule has 330 valence electrons. The maximum atomic E-state index is 13.7. The number of allylic oxidation sites excluding steroid dienone is 2. The van der Waals surface area contributed by atoms with Crippen LogP contribution in [0, 0.1) is 13.8 Å². The molecule has 7 rings (SSSR count). The number of anilines is 2. The van der Waals surface area contributed by atoms with Gasteiger partial charge in [0.15, 0.2) is 11.8 Å². The van der Waals surface area contributed by atoms with Crippen LogP contribution in [0.2, 0.25) is 0 Å². The first-order valence-corrected chi connectivity index (χ1v) is 20.5. The molecule has 0 bridgehead atoms. The average Bonchev–Trinajstić information content (AvgIpc) is 4.05. The van der Waals surface area contributed by atoms with Crippen LogP contribution in [0.1, 0.15) is 97.2 Å². The quantitative estimate of drug-likeness (QED) is 0.0415. The standard InChI is InChI=1S/C45H46N10O9/c1-5-30-38(63-25(3)48-30)42(59)52-44-50-32-21-28(40(46)57)16-17-34(32)54(44)18-10-11-19-55-37-33(51-45(55)53-43(60)39-31(6-2)49-26(4)64-39)22-29(41(47)58)23-35(37)61-20-12-15-36(56)62-24-27-13-8-7-9-14-27/h7-11,13-14,16-17,21-23H,5-6,12,15,18-20,24H2,1-4H3,(H2,46,57)(H2,47,58)(H,50,52,59)(H,51,53,60)/b11-10+. The van der Waals surface area contributed by atoms with Gasteiger partial charge in [0.2, 0.25) is 35.2 Å². The van der Waals surface area contributed by atoms with Crippen LogP contribution in [0.15, 0.2) is 81.7 Å². The molecule has 0 aliphatic carbocycles. The Hall–Kier alpha value is -8.09. The van der Waals surface area contributed by atoms with Gasteiger partial charge in [0, 0.05) is 44.5 Å². The summed E-state index contributed by atoms with van der Waals surface area (Å²) in [5, 5.41) is 5.66. The lowest BCUT2D eigenvalue weighted by molar-refractivity contribution is -0.145. The number of nitrogens with two attached hydrogens (primary N) is 2. The molecule has 0 aliphatic heterocycles. The number of esters is 1. The number of ether oxygens (including phenoxy) is 2. The summed E-state index contributed by atoms with van der Waals surface area (Å²) in [5.41, 5.74) is 15.1. The molecule has 4 heterocycles. The van der Waals surface area contributed by atoms with Crippen molar-refractivity contribution in [3.63, 3.8) is 0 Å². The Balaban J connectivity index is 1.19. The molecule has 0 unspecified atom stereocenters. The molecule has 19 nitrogen and oxygen atoms in total. The molecular weight excluding hydrogens is 825 g/mol. The fraction of sp³-hybridized carbons (Fsp3) is 0.267. The lowest BCUT2D eigenvalue weighted by atomic mass is 10.1. The Morgan fingerprint density at radius 2 is 1.30 bits per heavy atom. The summed E-state index contributed by atoms with van der Waals surface area (Å²) in [4.78, 5) is 82.2. The van der Waals surface area contributed by atoms with Gasteiger partial charge in [-0.25, -0.2) is 19.9 Å². The number of rotatable bonds is 19.